The zero-order chi connectivity index (χ0) is 15.7. The molecule has 0 aliphatic rings. The third kappa shape index (κ3) is 2.98. The van der Waals surface area contributed by atoms with Crippen molar-refractivity contribution in [2.75, 3.05) is 0 Å². The molecule has 0 aromatic heterocycles. The monoisotopic (exact) mass is 296 g/mol. The Bertz CT molecular complexity index is 702. The molecule has 1 N–H and O–H groups in total. The van der Waals surface area contributed by atoms with Crippen molar-refractivity contribution in [2.45, 2.75) is 38.6 Å². The lowest BCUT2D eigenvalue weighted by Crippen LogP contribution is -2.32. The standard InChI is InChI=1S/C13H16N2O4S/c1-6-10(4)14-20(18,19)13-9(3)7-8(2)12(11(13)5)15(16)17/h1,7,10,14H,2-5H3. The first-order valence-electron chi connectivity index (χ1n) is 5.85. The fourth-order valence-electron chi connectivity index (χ4n) is 2.18. The first kappa shape index (κ1) is 16.1. The fourth-order valence-corrected chi connectivity index (χ4v) is 3.81. The highest BCUT2D eigenvalue weighted by Crippen LogP contribution is 2.31. The molecule has 0 bridgehead atoms. The number of nitro groups is 1. The molecule has 0 heterocycles. The summed E-state index contributed by atoms with van der Waals surface area (Å²) in [6.45, 7) is 6.11. The van der Waals surface area contributed by atoms with Gasteiger partial charge in [-0.3, -0.25) is 10.1 Å². The highest BCUT2D eigenvalue weighted by Gasteiger charge is 2.28. The smallest absolute Gasteiger partial charge is 0.258 e. The molecule has 0 aliphatic carbocycles. The van der Waals surface area contributed by atoms with E-state index in [1.54, 1.807) is 13.8 Å². The van der Waals surface area contributed by atoms with Gasteiger partial charge in [0.15, 0.2) is 0 Å². The maximum Gasteiger partial charge on any atom is 0.276 e. The van der Waals surface area contributed by atoms with Gasteiger partial charge in [-0.25, -0.2) is 8.42 Å². The Kier molecular flexibility index (Phi) is 4.53. The minimum absolute atomic E-state index is 0.0862. The molecule has 0 radical (unpaired) electrons. The number of hydrogen-bond donors (Lipinski definition) is 1. The molecule has 0 saturated carbocycles. The van der Waals surface area contributed by atoms with Crippen molar-refractivity contribution in [1.29, 1.82) is 0 Å². The van der Waals surface area contributed by atoms with Gasteiger partial charge >= 0.3 is 0 Å². The highest BCUT2D eigenvalue weighted by molar-refractivity contribution is 7.89. The van der Waals surface area contributed by atoms with Crippen LogP contribution in [0, 0.1) is 43.2 Å². The van der Waals surface area contributed by atoms with E-state index in [0.29, 0.717) is 11.1 Å². The molecule has 0 amide bonds. The molecule has 7 heteroatoms. The van der Waals surface area contributed by atoms with E-state index in [9.17, 15) is 18.5 Å². The van der Waals surface area contributed by atoms with E-state index in [4.69, 9.17) is 6.42 Å². The molecule has 6 nitrogen and oxygen atoms in total. The minimum atomic E-state index is -3.90. The van der Waals surface area contributed by atoms with E-state index in [1.165, 1.54) is 19.9 Å². The Hall–Kier alpha value is -1.91. The summed E-state index contributed by atoms with van der Waals surface area (Å²) in [6.07, 6.45) is 5.15. The summed E-state index contributed by atoms with van der Waals surface area (Å²) in [5.74, 6) is 2.25. The average molecular weight is 296 g/mol. The van der Waals surface area contributed by atoms with E-state index in [1.807, 2.05) is 0 Å². The van der Waals surface area contributed by atoms with Crippen molar-refractivity contribution in [3.05, 3.63) is 32.9 Å². The number of rotatable bonds is 4. The largest absolute Gasteiger partial charge is 0.276 e. The van der Waals surface area contributed by atoms with E-state index < -0.39 is 21.0 Å². The van der Waals surface area contributed by atoms with Crippen LogP contribution in [-0.4, -0.2) is 19.4 Å². The summed E-state index contributed by atoms with van der Waals surface area (Å²) in [5, 5.41) is 11.1. The lowest BCUT2D eigenvalue weighted by atomic mass is 10.1. The predicted molar refractivity (Wildman–Crippen MR) is 75.9 cm³/mol. The molecular weight excluding hydrogens is 280 g/mol. The molecule has 20 heavy (non-hydrogen) atoms. The summed E-state index contributed by atoms with van der Waals surface area (Å²) in [6, 6.07) is 0.791. The van der Waals surface area contributed by atoms with Gasteiger partial charge in [0.05, 0.1) is 15.9 Å². The third-order valence-corrected chi connectivity index (χ3v) is 4.72. The molecule has 1 unspecified atom stereocenters. The maximum atomic E-state index is 12.3. The van der Waals surface area contributed by atoms with Gasteiger partial charge in [0.25, 0.3) is 5.69 Å². The van der Waals surface area contributed by atoms with Crippen LogP contribution >= 0.6 is 0 Å². The van der Waals surface area contributed by atoms with Crippen LogP contribution in [0.4, 0.5) is 5.69 Å². The van der Waals surface area contributed by atoms with Crippen molar-refractivity contribution >= 4 is 15.7 Å². The van der Waals surface area contributed by atoms with Crippen LogP contribution < -0.4 is 4.72 Å². The number of nitrogens with zero attached hydrogens (tertiary/aromatic N) is 1. The Labute approximate surface area is 118 Å². The second-order valence-corrected chi connectivity index (χ2v) is 6.23. The Morgan fingerprint density at radius 2 is 1.90 bits per heavy atom. The quantitative estimate of drug-likeness (QED) is 0.521. The zero-order valence-corrected chi connectivity index (χ0v) is 12.5. The van der Waals surface area contributed by atoms with Crippen LogP contribution in [0.1, 0.15) is 23.6 Å². The van der Waals surface area contributed by atoms with Gasteiger partial charge in [0.1, 0.15) is 0 Å². The Balaban J connectivity index is 3.59. The zero-order valence-electron chi connectivity index (χ0n) is 11.7. The summed E-state index contributed by atoms with van der Waals surface area (Å²) in [7, 11) is -3.90. The molecule has 1 aromatic carbocycles. The van der Waals surface area contributed by atoms with Crippen LogP contribution in [0.5, 0.6) is 0 Å². The molecule has 1 rings (SSSR count). The molecule has 0 spiro atoms. The number of terminal acetylenes is 1. The topological polar surface area (TPSA) is 89.3 Å². The molecule has 0 fully saturated rings. The molecule has 108 valence electrons. The van der Waals surface area contributed by atoms with Crippen molar-refractivity contribution in [3.63, 3.8) is 0 Å². The number of nitrogens with one attached hydrogen (secondary N) is 1. The number of aryl methyl sites for hydroxylation is 2. The maximum absolute atomic E-state index is 12.3. The minimum Gasteiger partial charge on any atom is -0.258 e. The molecule has 1 atom stereocenters. The van der Waals surface area contributed by atoms with Gasteiger partial charge < -0.3 is 0 Å². The fraction of sp³-hybridized carbons (Fsp3) is 0.385. The summed E-state index contributed by atoms with van der Waals surface area (Å²) in [4.78, 5) is 10.4. The van der Waals surface area contributed by atoms with Gasteiger partial charge in [-0.15, -0.1) is 6.42 Å². The van der Waals surface area contributed by atoms with Gasteiger partial charge in [0.2, 0.25) is 10.0 Å². The second kappa shape index (κ2) is 5.61. The summed E-state index contributed by atoms with van der Waals surface area (Å²) >= 11 is 0. The van der Waals surface area contributed by atoms with Gasteiger partial charge in [-0.1, -0.05) is 5.92 Å². The first-order valence-corrected chi connectivity index (χ1v) is 7.33. The Morgan fingerprint density at radius 3 is 2.35 bits per heavy atom. The summed E-state index contributed by atoms with van der Waals surface area (Å²) in [5.41, 5.74) is 0.796. The number of hydrogen-bond acceptors (Lipinski definition) is 4. The molecular formula is C13H16N2O4S. The van der Waals surface area contributed by atoms with Crippen molar-refractivity contribution < 1.29 is 13.3 Å². The van der Waals surface area contributed by atoms with Crippen LogP contribution in [0.25, 0.3) is 0 Å². The molecule has 1 aromatic rings. The average Bonchev–Trinajstić information content (AvgIpc) is 2.25. The number of nitro benzene ring substituents is 1. The SMILES string of the molecule is C#CC(C)NS(=O)(=O)c1c(C)cc(C)c([N+](=O)[O-])c1C. The normalized spacial score (nSPS) is 12.8. The van der Waals surface area contributed by atoms with Crippen molar-refractivity contribution in [1.82, 2.24) is 4.72 Å². The lowest BCUT2D eigenvalue weighted by molar-refractivity contribution is -0.386. The van der Waals surface area contributed by atoms with E-state index in [2.05, 4.69) is 10.6 Å². The van der Waals surface area contributed by atoms with Crippen LogP contribution in [0.15, 0.2) is 11.0 Å². The van der Waals surface area contributed by atoms with Crippen LogP contribution in [-0.2, 0) is 10.0 Å². The van der Waals surface area contributed by atoms with Gasteiger partial charge in [-0.2, -0.15) is 4.72 Å². The van der Waals surface area contributed by atoms with Gasteiger partial charge in [0, 0.05) is 11.1 Å². The predicted octanol–water partition coefficient (Wildman–Crippen LogP) is 1.82. The van der Waals surface area contributed by atoms with E-state index >= 15 is 0 Å². The highest BCUT2D eigenvalue weighted by atomic mass is 32.2. The Morgan fingerprint density at radius 1 is 1.35 bits per heavy atom. The number of benzene rings is 1. The summed E-state index contributed by atoms with van der Waals surface area (Å²) < 4.78 is 26.9. The number of sulfonamides is 1. The second-order valence-electron chi connectivity index (χ2n) is 4.58. The third-order valence-electron chi connectivity index (χ3n) is 2.89. The van der Waals surface area contributed by atoms with Gasteiger partial charge in [-0.05, 0) is 39.3 Å². The first-order chi connectivity index (χ1) is 9.11. The van der Waals surface area contributed by atoms with Crippen molar-refractivity contribution in [2.24, 2.45) is 0 Å². The molecule has 0 saturated heterocycles. The molecule has 0 aliphatic heterocycles. The van der Waals surface area contributed by atoms with Crippen LogP contribution in [0.2, 0.25) is 0 Å². The van der Waals surface area contributed by atoms with E-state index in [0.717, 1.165) is 0 Å². The lowest BCUT2D eigenvalue weighted by Gasteiger charge is -2.15. The van der Waals surface area contributed by atoms with Crippen LogP contribution in [0.3, 0.4) is 0 Å². The van der Waals surface area contributed by atoms with Crippen molar-refractivity contribution in [3.8, 4) is 12.3 Å². The van der Waals surface area contributed by atoms with E-state index in [-0.39, 0.29) is 16.1 Å².